The van der Waals surface area contributed by atoms with E-state index in [1.54, 1.807) is 14.0 Å². The van der Waals surface area contributed by atoms with Gasteiger partial charge in [-0.1, -0.05) is 38.3 Å². The molecule has 0 atom stereocenters. The molecule has 1 aromatic carbocycles. The molecule has 1 aromatic rings. The minimum Gasteiger partial charge on any atom is -0.326 e. The standard InChI is InChI=1S/C21H27F3N4O2/c1-3-28(14-19(30)27(2)20(15-25)11-7-4-8-12-20)13-18(29)26-17-10-6-5-9-16(17)21(22,23)24/h5-6,9-10H,3-4,7-8,11-14H2,1-2H3,(H,26,29). The summed E-state index contributed by atoms with van der Waals surface area (Å²) >= 11 is 0. The first-order valence-electron chi connectivity index (χ1n) is 9.99. The van der Waals surface area contributed by atoms with Crippen molar-refractivity contribution in [2.45, 2.75) is 50.7 Å². The molecule has 0 radical (unpaired) electrons. The van der Waals surface area contributed by atoms with Crippen molar-refractivity contribution in [1.29, 1.82) is 5.26 Å². The smallest absolute Gasteiger partial charge is 0.326 e. The van der Waals surface area contributed by atoms with Crippen molar-refractivity contribution in [3.05, 3.63) is 29.8 Å². The Morgan fingerprint density at radius 1 is 1.17 bits per heavy atom. The molecule has 30 heavy (non-hydrogen) atoms. The minimum atomic E-state index is -4.58. The van der Waals surface area contributed by atoms with Gasteiger partial charge in [-0.3, -0.25) is 14.5 Å². The number of carbonyl (C=O) groups excluding carboxylic acids is 2. The van der Waals surface area contributed by atoms with Crippen LogP contribution in [0.5, 0.6) is 0 Å². The van der Waals surface area contributed by atoms with Gasteiger partial charge in [0.1, 0.15) is 5.54 Å². The lowest BCUT2D eigenvalue weighted by atomic mass is 9.81. The second-order valence-corrected chi connectivity index (χ2v) is 7.55. The van der Waals surface area contributed by atoms with Gasteiger partial charge in [-0.25, -0.2) is 0 Å². The normalized spacial score (nSPS) is 16.0. The van der Waals surface area contributed by atoms with Gasteiger partial charge >= 0.3 is 6.18 Å². The van der Waals surface area contributed by atoms with Crippen molar-refractivity contribution in [2.24, 2.45) is 0 Å². The van der Waals surface area contributed by atoms with E-state index >= 15 is 0 Å². The van der Waals surface area contributed by atoms with E-state index in [2.05, 4.69) is 11.4 Å². The van der Waals surface area contributed by atoms with Gasteiger partial charge in [-0.2, -0.15) is 18.4 Å². The van der Waals surface area contributed by atoms with Crippen LogP contribution in [0.25, 0.3) is 0 Å². The van der Waals surface area contributed by atoms with Gasteiger partial charge in [-0.15, -0.1) is 0 Å². The van der Waals surface area contributed by atoms with Gasteiger partial charge in [0.25, 0.3) is 0 Å². The molecule has 6 nitrogen and oxygen atoms in total. The Morgan fingerprint density at radius 3 is 2.37 bits per heavy atom. The van der Waals surface area contributed by atoms with E-state index in [1.165, 1.54) is 28.0 Å². The van der Waals surface area contributed by atoms with Gasteiger partial charge in [0.15, 0.2) is 0 Å². The fraction of sp³-hybridized carbons (Fsp3) is 0.571. The molecule has 164 valence electrons. The fourth-order valence-electron chi connectivity index (χ4n) is 3.71. The van der Waals surface area contributed by atoms with Gasteiger partial charge in [0, 0.05) is 7.05 Å². The summed E-state index contributed by atoms with van der Waals surface area (Å²) in [4.78, 5) is 28.1. The summed E-state index contributed by atoms with van der Waals surface area (Å²) in [5.74, 6) is -0.930. The first-order chi connectivity index (χ1) is 14.1. The molecule has 1 N–H and O–H groups in total. The number of alkyl halides is 3. The van der Waals surface area contributed by atoms with Gasteiger partial charge in [0.05, 0.1) is 30.4 Å². The number of benzene rings is 1. The number of hydrogen-bond acceptors (Lipinski definition) is 4. The van der Waals surface area contributed by atoms with Gasteiger partial charge in [-0.05, 0) is 31.5 Å². The molecule has 2 rings (SSSR count). The third-order valence-corrected chi connectivity index (χ3v) is 5.58. The largest absolute Gasteiger partial charge is 0.418 e. The summed E-state index contributed by atoms with van der Waals surface area (Å²) in [5.41, 5.74) is -2.08. The van der Waals surface area contributed by atoms with E-state index in [0.29, 0.717) is 19.4 Å². The van der Waals surface area contributed by atoms with Gasteiger partial charge in [0.2, 0.25) is 11.8 Å². The highest BCUT2D eigenvalue weighted by molar-refractivity contribution is 5.93. The minimum absolute atomic E-state index is 0.0925. The van der Waals surface area contributed by atoms with Crippen LogP contribution in [0.15, 0.2) is 24.3 Å². The van der Waals surface area contributed by atoms with Crippen LogP contribution in [0.4, 0.5) is 18.9 Å². The van der Waals surface area contributed by atoms with Gasteiger partial charge < -0.3 is 10.2 Å². The van der Waals surface area contributed by atoms with Crippen molar-refractivity contribution in [3.63, 3.8) is 0 Å². The quantitative estimate of drug-likeness (QED) is 0.725. The van der Waals surface area contributed by atoms with E-state index in [-0.39, 0.29) is 24.7 Å². The Balaban J connectivity index is 2.01. The van der Waals surface area contributed by atoms with Crippen LogP contribution >= 0.6 is 0 Å². The monoisotopic (exact) mass is 424 g/mol. The number of carbonyl (C=O) groups is 2. The SMILES string of the molecule is CCN(CC(=O)Nc1ccccc1C(F)(F)F)CC(=O)N(C)C1(C#N)CCCCC1. The number of likely N-dealkylation sites (N-methyl/N-ethyl adjacent to an activating group) is 2. The predicted octanol–water partition coefficient (Wildman–Crippen LogP) is 3.65. The molecule has 2 amide bonds. The van der Waals surface area contributed by atoms with Crippen molar-refractivity contribution >= 4 is 17.5 Å². The summed E-state index contributed by atoms with van der Waals surface area (Å²) in [5, 5.41) is 11.9. The zero-order chi connectivity index (χ0) is 22.4. The Hall–Kier alpha value is -2.60. The number of anilines is 1. The maximum absolute atomic E-state index is 13.1. The highest BCUT2D eigenvalue weighted by atomic mass is 19.4. The molecule has 0 aliphatic heterocycles. The van der Waals surface area contributed by atoms with E-state index in [4.69, 9.17) is 0 Å². The lowest BCUT2D eigenvalue weighted by Gasteiger charge is -2.39. The van der Waals surface area contributed by atoms with Crippen LogP contribution in [-0.2, 0) is 15.8 Å². The topological polar surface area (TPSA) is 76.4 Å². The number of nitrogens with zero attached hydrogens (tertiary/aromatic N) is 3. The average Bonchev–Trinajstić information content (AvgIpc) is 2.72. The molecule has 1 fully saturated rings. The highest BCUT2D eigenvalue weighted by Gasteiger charge is 2.39. The molecule has 0 unspecified atom stereocenters. The first kappa shape index (κ1) is 23.7. The average molecular weight is 424 g/mol. The van der Waals surface area contributed by atoms with Crippen LogP contribution in [0.1, 0.15) is 44.6 Å². The molecule has 0 aromatic heterocycles. The second kappa shape index (κ2) is 9.94. The Labute approximate surface area is 174 Å². The first-order valence-corrected chi connectivity index (χ1v) is 9.99. The van der Waals surface area contributed by atoms with Crippen molar-refractivity contribution < 1.29 is 22.8 Å². The predicted molar refractivity (Wildman–Crippen MR) is 106 cm³/mol. The maximum atomic E-state index is 13.1. The molecule has 0 saturated heterocycles. The maximum Gasteiger partial charge on any atom is 0.418 e. The number of hydrogen-bond donors (Lipinski definition) is 1. The van der Waals surface area contributed by atoms with E-state index in [1.807, 2.05) is 0 Å². The molecular formula is C21H27F3N4O2. The van der Waals surface area contributed by atoms with Crippen LogP contribution in [-0.4, -0.2) is 53.8 Å². The van der Waals surface area contributed by atoms with E-state index < -0.39 is 23.2 Å². The van der Waals surface area contributed by atoms with Crippen LogP contribution in [0.2, 0.25) is 0 Å². The summed E-state index contributed by atoms with van der Waals surface area (Å²) in [6.07, 6.45) is -0.558. The number of rotatable bonds is 7. The third-order valence-electron chi connectivity index (χ3n) is 5.58. The van der Waals surface area contributed by atoms with Crippen molar-refractivity contribution in [2.75, 3.05) is 32.0 Å². The number of para-hydroxylation sites is 1. The molecule has 0 bridgehead atoms. The zero-order valence-electron chi connectivity index (χ0n) is 17.3. The van der Waals surface area contributed by atoms with Crippen molar-refractivity contribution in [3.8, 4) is 6.07 Å². The Bertz CT molecular complexity index is 798. The Kier molecular flexibility index (Phi) is 7.84. The summed E-state index contributed by atoms with van der Waals surface area (Å²) < 4.78 is 39.3. The molecular weight excluding hydrogens is 397 g/mol. The van der Waals surface area contributed by atoms with Crippen LogP contribution in [0, 0.1) is 11.3 Å². The summed E-state index contributed by atoms with van der Waals surface area (Å²) in [6.45, 7) is 1.78. The van der Waals surface area contributed by atoms with Crippen LogP contribution in [0.3, 0.4) is 0 Å². The summed E-state index contributed by atoms with van der Waals surface area (Å²) in [6, 6.07) is 7.03. The third kappa shape index (κ3) is 5.72. The number of nitriles is 1. The molecule has 9 heteroatoms. The van der Waals surface area contributed by atoms with E-state index in [0.717, 1.165) is 25.3 Å². The fourth-order valence-corrected chi connectivity index (χ4v) is 3.71. The molecule has 1 saturated carbocycles. The highest BCUT2D eigenvalue weighted by Crippen LogP contribution is 2.34. The number of amides is 2. The molecule has 1 aliphatic carbocycles. The van der Waals surface area contributed by atoms with Crippen LogP contribution < -0.4 is 5.32 Å². The lowest BCUT2D eigenvalue weighted by Crippen LogP contribution is -2.53. The number of nitrogens with one attached hydrogen (secondary N) is 1. The van der Waals surface area contributed by atoms with E-state index in [9.17, 15) is 28.0 Å². The molecule has 0 spiro atoms. The summed E-state index contributed by atoms with van der Waals surface area (Å²) in [7, 11) is 1.60. The molecule has 1 aliphatic rings. The zero-order valence-corrected chi connectivity index (χ0v) is 17.3. The number of halogens is 3. The lowest BCUT2D eigenvalue weighted by molar-refractivity contribution is -0.137. The van der Waals surface area contributed by atoms with Crippen molar-refractivity contribution in [1.82, 2.24) is 9.80 Å². The molecule has 0 heterocycles. The Morgan fingerprint density at radius 2 is 1.80 bits per heavy atom. The second-order valence-electron chi connectivity index (χ2n) is 7.55.